The molecule has 3 heterocycles. The Bertz CT molecular complexity index is 886. The molecule has 0 bridgehead atoms. The van der Waals surface area contributed by atoms with Crippen LogP contribution in [-0.4, -0.2) is 55.2 Å². The number of urea groups is 1. The van der Waals surface area contributed by atoms with Crippen molar-refractivity contribution in [3.8, 4) is 11.8 Å². The monoisotopic (exact) mass is 377 g/mol. The van der Waals surface area contributed by atoms with E-state index in [4.69, 9.17) is 10.00 Å². The third-order valence-electron chi connectivity index (χ3n) is 5.26. The molecule has 2 amide bonds. The largest absolute Gasteiger partial charge is 0.493 e. The average molecular weight is 377 g/mol. The molecule has 1 N–H and O–H groups in total. The predicted octanol–water partition coefficient (Wildman–Crippen LogP) is 2.04. The van der Waals surface area contributed by atoms with E-state index >= 15 is 0 Å². The van der Waals surface area contributed by atoms with Gasteiger partial charge in [-0.15, -0.1) is 0 Å². The van der Waals surface area contributed by atoms with E-state index in [9.17, 15) is 4.79 Å². The van der Waals surface area contributed by atoms with Crippen LogP contribution in [-0.2, 0) is 6.42 Å². The number of fused-ring (bicyclic) bond motifs is 1. The minimum Gasteiger partial charge on any atom is -0.493 e. The van der Waals surface area contributed by atoms with E-state index in [2.05, 4.69) is 27.3 Å². The third kappa shape index (κ3) is 4.01. The molecular weight excluding hydrogens is 354 g/mol. The molecule has 1 atom stereocenters. The van der Waals surface area contributed by atoms with E-state index in [1.807, 2.05) is 23.1 Å². The van der Waals surface area contributed by atoms with Crippen LogP contribution in [0.15, 0.2) is 42.6 Å². The Labute approximate surface area is 164 Å². The number of para-hydroxylation sites is 1. The lowest BCUT2D eigenvalue weighted by atomic mass is 9.97. The van der Waals surface area contributed by atoms with Crippen LogP contribution in [0.5, 0.6) is 5.75 Å². The average Bonchev–Trinajstić information content (AvgIpc) is 2.77. The summed E-state index contributed by atoms with van der Waals surface area (Å²) in [5.41, 5.74) is 1.80. The Morgan fingerprint density at radius 3 is 2.89 bits per heavy atom. The van der Waals surface area contributed by atoms with Crippen LogP contribution in [0.1, 0.15) is 11.1 Å². The Balaban J connectivity index is 1.25. The van der Waals surface area contributed by atoms with Crippen molar-refractivity contribution in [3.05, 3.63) is 53.7 Å². The number of aromatic nitrogens is 1. The van der Waals surface area contributed by atoms with Gasteiger partial charge in [0.15, 0.2) is 0 Å². The zero-order valence-corrected chi connectivity index (χ0v) is 15.7. The molecule has 0 aliphatic carbocycles. The van der Waals surface area contributed by atoms with Crippen LogP contribution in [0.2, 0.25) is 0 Å². The van der Waals surface area contributed by atoms with Crippen molar-refractivity contribution in [3.63, 3.8) is 0 Å². The van der Waals surface area contributed by atoms with Gasteiger partial charge >= 0.3 is 6.03 Å². The van der Waals surface area contributed by atoms with E-state index < -0.39 is 0 Å². The Morgan fingerprint density at radius 2 is 2.07 bits per heavy atom. The molecule has 2 aromatic rings. The van der Waals surface area contributed by atoms with Crippen molar-refractivity contribution in [1.82, 2.24) is 15.2 Å². The number of nitrogens with one attached hydrogen (secondary N) is 1. The fraction of sp³-hybridized carbons (Fsp3) is 0.381. The number of nitriles is 1. The smallest absolute Gasteiger partial charge is 0.317 e. The Kier molecular flexibility index (Phi) is 5.29. The lowest BCUT2D eigenvalue weighted by Crippen LogP contribution is -2.52. The number of benzene rings is 1. The number of rotatable bonds is 3. The lowest BCUT2D eigenvalue weighted by molar-refractivity contribution is 0.183. The molecule has 1 fully saturated rings. The number of hydrogen-bond donors (Lipinski definition) is 1. The molecule has 1 unspecified atom stereocenters. The van der Waals surface area contributed by atoms with Gasteiger partial charge in [0.25, 0.3) is 0 Å². The van der Waals surface area contributed by atoms with Gasteiger partial charge in [0.1, 0.15) is 11.6 Å². The zero-order valence-electron chi connectivity index (χ0n) is 15.7. The van der Waals surface area contributed by atoms with Gasteiger partial charge in [0.2, 0.25) is 0 Å². The molecule has 1 aromatic heterocycles. The molecule has 0 spiro atoms. The van der Waals surface area contributed by atoms with Crippen molar-refractivity contribution in [1.29, 1.82) is 5.26 Å². The molecule has 1 aromatic carbocycles. The highest BCUT2D eigenvalue weighted by atomic mass is 16.5. The first-order chi connectivity index (χ1) is 13.7. The van der Waals surface area contributed by atoms with Crippen LogP contribution in [0, 0.1) is 17.2 Å². The van der Waals surface area contributed by atoms with Crippen molar-refractivity contribution in [2.75, 3.05) is 44.2 Å². The minimum atomic E-state index is -0.0303. The van der Waals surface area contributed by atoms with Crippen molar-refractivity contribution in [2.24, 2.45) is 5.92 Å². The summed E-state index contributed by atoms with van der Waals surface area (Å²) in [6.45, 7) is 3.91. The summed E-state index contributed by atoms with van der Waals surface area (Å²) in [4.78, 5) is 20.8. The Hall–Kier alpha value is -3.27. The summed E-state index contributed by atoms with van der Waals surface area (Å²) < 4.78 is 5.79. The van der Waals surface area contributed by atoms with E-state index in [1.165, 1.54) is 5.56 Å². The first-order valence-corrected chi connectivity index (χ1v) is 9.57. The number of carbonyl (C=O) groups is 1. The highest BCUT2D eigenvalue weighted by molar-refractivity contribution is 5.74. The fourth-order valence-electron chi connectivity index (χ4n) is 3.66. The number of carbonyl (C=O) groups excluding carboxylic acids is 1. The molecule has 2 aliphatic rings. The molecule has 144 valence electrons. The highest BCUT2D eigenvalue weighted by Crippen LogP contribution is 2.26. The van der Waals surface area contributed by atoms with Crippen LogP contribution >= 0.6 is 0 Å². The molecular formula is C21H23N5O2. The zero-order chi connectivity index (χ0) is 19.3. The Morgan fingerprint density at radius 1 is 1.25 bits per heavy atom. The molecule has 28 heavy (non-hydrogen) atoms. The van der Waals surface area contributed by atoms with E-state index in [1.54, 1.807) is 18.3 Å². The summed E-state index contributed by atoms with van der Waals surface area (Å²) >= 11 is 0. The molecule has 7 nitrogen and oxygen atoms in total. The topological polar surface area (TPSA) is 81.5 Å². The molecule has 1 saturated heterocycles. The third-order valence-corrected chi connectivity index (χ3v) is 5.26. The normalized spacial score (nSPS) is 18.6. The highest BCUT2D eigenvalue weighted by Gasteiger charge is 2.24. The van der Waals surface area contributed by atoms with E-state index in [0.29, 0.717) is 44.9 Å². The maximum atomic E-state index is 12.5. The second-order valence-electron chi connectivity index (χ2n) is 7.16. The number of ether oxygens (including phenoxy) is 1. The van der Waals surface area contributed by atoms with Gasteiger partial charge in [-0.05, 0) is 30.2 Å². The first kappa shape index (κ1) is 18.1. The van der Waals surface area contributed by atoms with Gasteiger partial charge in [-0.3, -0.25) is 0 Å². The lowest BCUT2D eigenvalue weighted by Gasteiger charge is -2.35. The van der Waals surface area contributed by atoms with E-state index in [0.717, 1.165) is 18.0 Å². The second-order valence-corrected chi connectivity index (χ2v) is 7.16. The number of piperazine rings is 1. The van der Waals surface area contributed by atoms with Crippen LogP contribution in [0.25, 0.3) is 0 Å². The van der Waals surface area contributed by atoms with Crippen LogP contribution in [0.4, 0.5) is 10.6 Å². The number of nitrogens with zero attached hydrogens (tertiary/aromatic N) is 4. The quantitative estimate of drug-likeness (QED) is 0.885. The fourth-order valence-corrected chi connectivity index (χ4v) is 3.66. The molecule has 4 rings (SSSR count). The van der Waals surface area contributed by atoms with Gasteiger partial charge in [-0.1, -0.05) is 18.2 Å². The molecule has 2 aliphatic heterocycles. The molecule has 7 heteroatoms. The van der Waals surface area contributed by atoms with Crippen molar-refractivity contribution >= 4 is 11.8 Å². The number of amides is 2. The van der Waals surface area contributed by atoms with Crippen molar-refractivity contribution < 1.29 is 9.53 Å². The maximum Gasteiger partial charge on any atom is 0.317 e. The summed E-state index contributed by atoms with van der Waals surface area (Å²) in [6.07, 6.45) is 2.57. The molecule has 0 saturated carbocycles. The first-order valence-electron chi connectivity index (χ1n) is 9.57. The van der Waals surface area contributed by atoms with Gasteiger partial charge in [0, 0.05) is 44.8 Å². The van der Waals surface area contributed by atoms with Gasteiger partial charge < -0.3 is 19.9 Å². The summed E-state index contributed by atoms with van der Waals surface area (Å²) in [7, 11) is 0. The van der Waals surface area contributed by atoms with Crippen molar-refractivity contribution in [2.45, 2.75) is 6.42 Å². The maximum absolute atomic E-state index is 12.5. The predicted molar refractivity (Wildman–Crippen MR) is 105 cm³/mol. The van der Waals surface area contributed by atoms with Gasteiger partial charge in [-0.2, -0.15) is 5.26 Å². The standard InChI is InChI=1S/C21H23N5O2/c22-13-16-5-6-23-20(12-16)25-7-9-26(10-8-25)21(27)24-14-17-11-18-3-1-2-4-19(18)28-15-17/h1-6,12,17H,7-11,14-15H2,(H,24,27). The number of anilines is 1. The van der Waals surface area contributed by atoms with Gasteiger partial charge in [-0.25, -0.2) is 9.78 Å². The van der Waals surface area contributed by atoms with E-state index in [-0.39, 0.29) is 11.9 Å². The van der Waals surface area contributed by atoms with Gasteiger partial charge in [0.05, 0.1) is 18.2 Å². The summed E-state index contributed by atoms with van der Waals surface area (Å²) in [5.74, 6) is 2.03. The molecule has 0 radical (unpaired) electrons. The van der Waals surface area contributed by atoms with Crippen LogP contribution < -0.4 is 15.0 Å². The summed E-state index contributed by atoms with van der Waals surface area (Å²) in [5, 5.41) is 12.1. The number of pyridine rings is 1. The second kappa shape index (κ2) is 8.17. The summed E-state index contributed by atoms with van der Waals surface area (Å²) in [6, 6.07) is 13.7. The van der Waals surface area contributed by atoms with Crippen LogP contribution in [0.3, 0.4) is 0 Å². The number of hydrogen-bond acceptors (Lipinski definition) is 5. The minimum absolute atomic E-state index is 0.0303. The SMILES string of the molecule is N#Cc1ccnc(N2CCN(C(=O)NCC3COc4ccccc4C3)CC2)c1.